The predicted octanol–water partition coefficient (Wildman–Crippen LogP) is 6.20. The number of rotatable bonds is 3. The van der Waals surface area contributed by atoms with Crippen LogP contribution in [0.1, 0.15) is 21.7 Å². The first-order valence-electron chi connectivity index (χ1n) is 7.69. The van der Waals surface area contributed by atoms with Crippen molar-refractivity contribution in [3.63, 3.8) is 0 Å². The van der Waals surface area contributed by atoms with Crippen molar-refractivity contribution in [1.82, 2.24) is 4.98 Å². The highest BCUT2D eigenvalue weighted by molar-refractivity contribution is 7.11. The number of aromatic nitrogens is 1. The standard InChI is InChI=1S/C20H13F3N2S/c1-13-6-8-14(9-7-13)18-12-26-19(25-18)16(11-24)10-15-4-2-3-5-17(15)20(21,22)23/h2-10,12H,1H3/b16-10+. The van der Waals surface area contributed by atoms with Crippen LogP contribution < -0.4 is 0 Å². The lowest BCUT2D eigenvalue weighted by atomic mass is 10.0. The van der Waals surface area contributed by atoms with Crippen molar-refractivity contribution in [3.05, 3.63) is 75.6 Å². The van der Waals surface area contributed by atoms with Gasteiger partial charge in [-0.25, -0.2) is 4.98 Å². The van der Waals surface area contributed by atoms with E-state index in [1.807, 2.05) is 37.3 Å². The first kappa shape index (κ1) is 17.9. The summed E-state index contributed by atoms with van der Waals surface area (Å²) in [4.78, 5) is 4.42. The van der Waals surface area contributed by atoms with E-state index in [0.29, 0.717) is 10.7 Å². The number of alkyl halides is 3. The van der Waals surface area contributed by atoms with E-state index >= 15 is 0 Å². The Balaban J connectivity index is 2.00. The predicted molar refractivity (Wildman–Crippen MR) is 97.2 cm³/mol. The highest BCUT2D eigenvalue weighted by Crippen LogP contribution is 2.34. The fourth-order valence-corrected chi connectivity index (χ4v) is 3.23. The molecule has 6 heteroatoms. The SMILES string of the molecule is Cc1ccc(-c2csc(/C(C#N)=C/c3ccccc3C(F)(F)F)n2)cc1. The van der Waals surface area contributed by atoms with Crippen molar-refractivity contribution in [2.24, 2.45) is 0 Å². The molecule has 0 saturated heterocycles. The Labute approximate surface area is 152 Å². The molecule has 2 aromatic carbocycles. The van der Waals surface area contributed by atoms with Gasteiger partial charge in [-0.2, -0.15) is 18.4 Å². The topological polar surface area (TPSA) is 36.7 Å². The van der Waals surface area contributed by atoms with E-state index in [1.54, 1.807) is 5.38 Å². The van der Waals surface area contributed by atoms with Gasteiger partial charge in [-0.05, 0) is 24.6 Å². The highest BCUT2D eigenvalue weighted by atomic mass is 32.1. The average Bonchev–Trinajstić information content (AvgIpc) is 3.09. The molecule has 2 nitrogen and oxygen atoms in total. The van der Waals surface area contributed by atoms with Crippen molar-refractivity contribution in [2.45, 2.75) is 13.1 Å². The molecule has 3 rings (SSSR count). The third-order valence-electron chi connectivity index (χ3n) is 3.77. The maximum absolute atomic E-state index is 13.1. The summed E-state index contributed by atoms with van der Waals surface area (Å²) in [5, 5.41) is 11.6. The fraction of sp³-hybridized carbons (Fsp3) is 0.100. The van der Waals surface area contributed by atoms with Crippen LogP contribution in [-0.2, 0) is 6.18 Å². The molecule has 0 unspecified atom stereocenters. The minimum atomic E-state index is -4.48. The van der Waals surface area contributed by atoms with Gasteiger partial charge in [0, 0.05) is 10.9 Å². The maximum Gasteiger partial charge on any atom is 0.416 e. The smallest absolute Gasteiger partial charge is 0.235 e. The monoisotopic (exact) mass is 370 g/mol. The van der Waals surface area contributed by atoms with Crippen molar-refractivity contribution in [1.29, 1.82) is 5.26 Å². The van der Waals surface area contributed by atoms with Crippen LogP contribution >= 0.6 is 11.3 Å². The Bertz CT molecular complexity index is 993. The van der Waals surface area contributed by atoms with Crippen LogP contribution in [0.25, 0.3) is 22.9 Å². The first-order valence-corrected chi connectivity index (χ1v) is 8.57. The van der Waals surface area contributed by atoms with E-state index < -0.39 is 11.7 Å². The molecule has 0 bridgehead atoms. The number of hydrogen-bond acceptors (Lipinski definition) is 3. The summed E-state index contributed by atoms with van der Waals surface area (Å²) in [6, 6.07) is 14.9. The Morgan fingerprint density at radius 3 is 2.46 bits per heavy atom. The molecule has 0 saturated carbocycles. The molecule has 1 heterocycles. The van der Waals surface area contributed by atoms with Crippen molar-refractivity contribution in [2.75, 3.05) is 0 Å². The molecule has 0 radical (unpaired) electrons. The number of aryl methyl sites for hydroxylation is 1. The summed E-state index contributed by atoms with van der Waals surface area (Å²) >= 11 is 1.23. The van der Waals surface area contributed by atoms with Crippen LogP contribution in [-0.4, -0.2) is 4.98 Å². The Morgan fingerprint density at radius 1 is 1.12 bits per heavy atom. The number of halogens is 3. The van der Waals surface area contributed by atoms with Gasteiger partial charge in [-0.15, -0.1) is 11.3 Å². The number of nitrogens with zero attached hydrogens (tertiary/aromatic N) is 2. The molecule has 26 heavy (non-hydrogen) atoms. The first-order chi connectivity index (χ1) is 12.4. The van der Waals surface area contributed by atoms with Crippen molar-refractivity contribution >= 4 is 23.0 Å². The number of thiazole rings is 1. The molecule has 0 aliphatic carbocycles. The van der Waals surface area contributed by atoms with E-state index in [4.69, 9.17) is 0 Å². The summed E-state index contributed by atoms with van der Waals surface area (Å²) in [5.41, 5.74) is 1.98. The lowest BCUT2D eigenvalue weighted by Gasteiger charge is -2.09. The van der Waals surface area contributed by atoms with E-state index in [1.165, 1.54) is 35.6 Å². The largest absolute Gasteiger partial charge is 0.416 e. The van der Waals surface area contributed by atoms with Gasteiger partial charge in [0.2, 0.25) is 0 Å². The van der Waals surface area contributed by atoms with E-state index in [0.717, 1.165) is 17.2 Å². The van der Waals surface area contributed by atoms with Crippen LogP contribution in [0.4, 0.5) is 13.2 Å². The molecule has 0 atom stereocenters. The van der Waals surface area contributed by atoms with Crippen molar-refractivity contribution < 1.29 is 13.2 Å². The third-order valence-corrected chi connectivity index (χ3v) is 4.64. The van der Waals surface area contributed by atoms with E-state index in [-0.39, 0.29) is 11.1 Å². The van der Waals surface area contributed by atoms with Crippen LogP contribution in [0.3, 0.4) is 0 Å². The molecule has 0 aliphatic heterocycles. The highest BCUT2D eigenvalue weighted by Gasteiger charge is 2.32. The molecular weight excluding hydrogens is 357 g/mol. The van der Waals surface area contributed by atoms with Gasteiger partial charge >= 0.3 is 6.18 Å². The van der Waals surface area contributed by atoms with Crippen LogP contribution in [0, 0.1) is 18.3 Å². The average molecular weight is 370 g/mol. The Morgan fingerprint density at radius 2 is 1.81 bits per heavy atom. The van der Waals surface area contributed by atoms with Crippen LogP contribution in [0.5, 0.6) is 0 Å². The van der Waals surface area contributed by atoms with Crippen LogP contribution in [0.2, 0.25) is 0 Å². The maximum atomic E-state index is 13.1. The van der Waals surface area contributed by atoms with Gasteiger partial charge < -0.3 is 0 Å². The second-order valence-corrected chi connectivity index (χ2v) is 6.52. The second-order valence-electron chi connectivity index (χ2n) is 5.66. The zero-order valence-corrected chi connectivity index (χ0v) is 14.5. The lowest BCUT2D eigenvalue weighted by Crippen LogP contribution is -2.07. The molecule has 3 aromatic rings. The molecule has 0 N–H and O–H groups in total. The van der Waals surface area contributed by atoms with Gasteiger partial charge in [-0.3, -0.25) is 0 Å². The Kier molecular flexibility index (Phi) is 4.92. The van der Waals surface area contributed by atoms with Gasteiger partial charge in [-0.1, -0.05) is 48.0 Å². The number of nitriles is 1. The summed E-state index contributed by atoms with van der Waals surface area (Å²) in [6.45, 7) is 1.98. The van der Waals surface area contributed by atoms with Crippen molar-refractivity contribution in [3.8, 4) is 17.3 Å². The lowest BCUT2D eigenvalue weighted by molar-refractivity contribution is -0.137. The Hall–Kier alpha value is -2.91. The van der Waals surface area contributed by atoms with Gasteiger partial charge in [0.1, 0.15) is 11.1 Å². The molecular formula is C20H13F3N2S. The van der Waals surface area contributed by atoms with E-state index in [2.05, 4.69) is 4.98 Å². The summed E-state index contributed by atoms with van der Waals surface area (Å²) in [7, 11) is 0. The summed E-state index contributed by atoms with van der Waals surface area (Å²) < 4.78 is 39.4. The molecule has 0 amide bonds. The molecule has 0 spiro atoms. The van der Waals surface area contributed by atoms with Gasteiger partial charge in [0.15, 0.2) is 0 Å². The fourth-order valence-electron chi connectivity index (χ4n) is 2.43. The summed E-state index contributed by atoms with van der Waals surface area (Å²) in [6.07, 6.45) is -3.25. The molecule has 1 aromatic heterocycles. The third kappa shape index (κ3) is 3.84. The minimum Gasteiger partial charge on any atom is -0.235 e. The second kappa shape index (κ2) is 7.14. The van der Waals surface area contributed by atoms with Gasteiger partial charge in [0.05, 0.1) is 16.8 Å². The molecule has 0 aliphatic rings. The number of hydrogen-bond donors (Lipinski definition) is 0. The zero-order valence-electron chi connectivity index (χ0n) is 13.7. The quantitative estimate of drug-likeness (QED) is 0.515. The van der Waals surface area contributed by atoms with E-state index in [9.17, 15) is 18.4 Å². The zero-order chi connectivity index (χ0) is 18.7. The molecule has 0 fully saturated rings. The molecule has 130 valence electrons. The van der Waals surface area contributed by atoms with Gasteiger partial charge in [0.25, 0.3) is 0 Å². The number of benzene rings is 2. The summed E-state index contributed by atoms with van der Waals surface area (Å²) in [5.74, 6) is 0. The van der Waals surface area contributed by atoms with Crippen LogP contribution in [0.15, 0.2) is 53.9 Å². The minimum absolute atomic E-state index is 0.0522. The number of allylic oxidation sites excluding steroid dienone is 1. The normalized spacial score (nSPS) is 12.0.